The van der Waals surface area contributed by atoms with E-state index in [9.17, 15) is 22.4 Å². The van der Waals surface area contributed by atoms with Gasteiger partial charge in [0, 0.05) is 17.3 Å². The number of benzene rings is 2. The van der Waals surface area contributed by atoms with Crippen LogP contribution in [0.2, 0.25) is 5.02 Å². The van der Waals surface area contributed by atoms with Gasteiger partial charge in [-0.05, 0) is 48.4 Å². The van der Waals surface area contributed by atoms with Crippen molar-refractivity contribution in [3.05, 3.63) is 63.9 Å². The van der Waals surface area contributed by atoms with Crippen molar-refractivity contribution in [2.75, 3.05) is 5.32 Å². The summed E-state index contributed by atoms with van der Waals surface area (Å²) >= 11 is 5.83. The first-order chi connectivity index (χ1) is 11.1. The summed E-state index contributed by atoms with van der Waals surface area (Å²) in [5.74, 6) is -1.02. The Balaban J connectivity index is 2.04. The summed E-state index contributed by atoms with van der Waals surface area (Å²) in [4.78, 5) is 11.8. The van der Waals surface area contributed by atoms with Crippen LogP contribution >= 0.6 is 11.6 Å². The lowest BCUT2D eigenvalue weighted by Gasteiger charge is -2.12. The number of carbonyl (C=O) groups excluding carboxylic acids is 1. The monoisotopic (exact) mass is 360 g/mol. The van der Waals surface area contributed by atoms with Crippen molar-refractivity contribution in [2.24, 2.45) is 0 Å². The molecule has 0 aliphatic rings. The summed E-state index contributed by atoms with van der Waals surface area (Å²) < 4.78 is 51.2. The van der Waals surface area contributed by atoms with E-state index in [1.165, 1.54) is 0 Å². The number of aryl methyl sites for hydroxylation is 1. The molecule has 24 heavy (non-hydrogen) atoms. The normalized spacial score (nSPS) is 11.2. The van der Waals surface area contributed by atoms with E-state index < -0.39 is 23.6 Å². The third kappa shape index (κ3) is 4.86. The molecule has 0 spiro atoms. The van der Waals surface area contributed by atoms with E-state index >= 15 is 0 Å². The van der Waals surface area contributed by atoms with Crippen molar-refractivity contribution in [1.82, 2.24) is 5.32 Å². The van der Waals surface area contributed by atoms with Crippen LogP contribution in [0.15, 0.2) is 36.4 Å². The maximum Gasteiger partial charge on any atom is 0.416 e. The fourth-order valence-electron chi connectivity index (χ4n) is 1.99. The van der Waals surface area contributed by atoms with Crippen LogP contribution in [0, 0.1) is 12.7 Å². The third-order valence-corrected chi connectivity index (χ3v) is 3.42. The second-order valence-corrected chi connectivity index (χ2v) is 5.55. The van der Waals surface area contributed by atoms with Crippen LogP contribution in [0.1, 0.15) is 16.7 Å². The number of urea groups is 1. The van der Waals surface area contributed by atoms with Gasteiger partial charge < -0.3 is 10.6 Å². The summed E-state index contributed by atoms with van der Waals surface area (Å²) in [6.45, 7) is 1.50. The van der Waals surface area contributed by atoms with Crippen molar-refractivity contribution in [2.45, 2.75) is 19.6 Å². The number of hydrogen-bond donors (Lipinski definition) is 2. The molecule has 0 radical (unpaired) electrons. The Kier molecular flexibility index (Phi) is 5.33. The number of amides is 2. The highest BCUT2D eigenvalue weighted by Crippen LogP contribution is 2.30. The molecule has 0 heterocycles. The van der Waals surface area contributed by atoms with Crippen molar-refractivity contribution in [1.29, 1.82) is 0 Å². The topological polar surface area (TPSA) is 41.1 Å². The van der Waals surface area contributed by atoms with Crippen LogP contribution in [0.3, 0.4) is 0 Å². The minimum absolute atomic E-state index is 0.000269. The van der Waals surface area contributed by atoms with Gasteiger partial charge in [0.05, 0.1) is 5.56 Å². The average Bonchev–Trinajstić information content (AvgIpc) is 2.47. The maximum atomic E-state index is 13.3. The molecule has 2 amide bonds. The number of alkyl halides is 3. The fraction of sp³-hybridized carbons (Fsp3) is 0.188. The fourth-order valence-corrected chi connectivity index (χ4v) is 2.17. The highest BCUT2D eigenvalue weighted by molar-refractivity contribution is 6.31. The van der Waals surface area contributed by atoms with E-state index in [0.717, 1.165) is 17.7 Å². The molecule has 3 nitrogen and oxygen atoms in total. The Morgan fingerprint density at radius 2 is 1.88 bits per heavy atom. The molecule has 0 fully saturated rings. The first kappa shape index (κ1) is 18.1. The van der Waals surface area contributed by atoms with Crippen LogP contribution in [0.4, 0.5) is 28.0 Å². The lowest BCUT2D eigenvalue weighted by molar-refractivity contribution is -0.137. The number of anilines is 1. The minimum Gasteiger partial charge on any atom is -0.334 e. The van der Waals surface area contributed by atoms with Gasteiger partial charge in [-0.1, -0.05) is 17.7 Å². The summed E-state index contributed by atoms with van der Waals surface area (Å²) in [5.41, 5.74) is 0.126. The average molecular weight is 361 g/mol. The van der Waals surface area contributed by atoms with Gasteiger partial charge in [0.1, 0.15) is 5.82 Å². The molecule has 0 aliphatic carbocycles. The van der Waals surface area contributed by atoms with Gasteiger partial charge in [0.2, 0.25) is 0 Å². The molecule has 0 saturated heterocycles. The summed E-state index contributed by atoms with van der Waals surface area (Å²) in [7, 11) is 0. The second-order valence-electron chi connectivity index (χ2n) is 5.11. The number of hydrogen-bond acceptors (Lipinski definition) is 1. The molecule has 2 aromatic carbocycles. The number of nitrogens with one attached hydrogen (secondary N) is 2. The Morgan fingerprint density at radius 3 is 2.54 bits per heavy atom. The molecule has 0 aliphatic heterocycles. The number of halogens is 5. The third-order valence-electron chi connectivity index (χ3n) is 3.19. The van der Waals surface area contributed by atoms with Gasteiger partial charge in [-0.2, -0.15) is 13.2 Å². The van der Waals surface area contributed by atoms with E-state index in [2.05, 4.69) is 10.6 Å². The summed E-state index contributed by atoms with van der Waals surface area (Å²) in [5, 5.41) is 5.33. The van der Waals surface area contributed by atoms with E-state index in [0.29, 0.717) is 16.8 Å². The molecule has 0 atom stereocenters. The summed E-state index contributed by atoms with van der Waals surface area (Å²) in [6, 6.07) is 6.39. The highest BCUT2D eigenvalue weighted by Gasteiger charge is 2.31. The molecule has 2 N–H and O–H groups in total. The SMILES string of the molecule is Cc1ccc(Cl)cc1NC(=O)NCc1cc(F)cc(C(F)(F)F)c1. The standard InChI is InChI=1S/C16H13ClF4N2O/c1-9-2-3-12(17)7-14(9)23-15(24)22-8-10-4-11(16(19,20)21)6-13(18)5-10/h2-7H,8H2,1H3,(H2,22,23,24). The zero-order chi connectivity index (χ0) is 17.9. The molecular formula is C16H13ClF4N2O. The van der Waals surface area contributed by atoms with E-state index in [1.807, 2.05) is 0 Å². The van der Waals surface area contributed by atoms with E-state index in [-0.39, 0.29) is 12.1 Å². The Hall–Kier alpha value is -2.28. The van der Waals surface area contributed by atoms with Gasteiger partial charge >= 0.3 is 12.2 Å². The molecule has 0 saturated carbocycles. The van der Waals surface area contributed by atoms with Crippen LogP contribution in [0.25, 0.3) is 0 Å². The Bertz CT molecular complexity index is 762. The van der Waals surface area contributed by atoms with Crippen LogP contribution in [0.5, 0.6) is 0 Å². The molecule has 0 unspecified atom stereocenters. The zero-order valence-electron chi connectivity index (χ0n) is 12.5. The van der Waals surface area contributed by atoms with Gasteiger partial charge in [-0.3, -0.25) is 0 Å². The van der Waals surface area contributed by atoms with E-state index in [4.69, 9.17) is 11.6 Å². The van der Waals surface area contributed by atoms with Crippen LogP contribution in [-0.2, 0) is 12.7 Å². The first-order valence-corrected chi connectivity index (χ1v) is 7.20. The van der Waals surface area contributed by atoms with Gasteiger partial charge in [0.25, 0.3) is 0 Å². The smallest absolute Gasteiger partial charge is 0.334 e. The Morgan fingerprint density at radius 1 is 1.17 bits per heavy atom. The number of rotatable bonds is 3. The van der Waals surface area contributed by atoms with E-state index in [1.54, 1.807) is 25.1 Å². The van der Waals surface area contributed by atoms with Gasteiger partial charge in [-0.15, -0.1) is 0 Å². The first-order valence-electron chi connectivity index (χ1n) is 6.83. The van der Waals surface area contributed by atoms with Crippen LogP contribution < -0.4 is 10.6 Å². The van der Waals surface area contributed by atoms with Crippen LogP contribution in [-0.4, -0.2) is 6.03 Å². The maximum absolute atomic E-state index is 13.3. The molecule has 0 bridgehead atoms. The minimum atomic E-state index is -4.66. The number of carbonyl (C=O) groups is 1. The van der Waals surface area contributed by atoms with Crippen molar-refractivity contribution >= 4 is 23.3 Å². The lowest BCUT2D eigenvalue weighted by Crippen LogP contribution is -2.28. The van der Waals surface area contributed by atoms with Crippen molar-refractivity contribution < 1.29 is 22.4 Å². The molecular weight excluding hydrogens is 348 g/mol. The molecule has 2 rings (SSSR count). The predicted molar refractivity (Wildman–Crippen MR) is 83.4 cm³/mol. The second kappa shape index (κ2) is 7.09. The molecule has 128 valence electrons. The lowest BCUT2D eigenvalue weighted by atomic mass is 10.1. The van der Waals surface area contributed by atoms with Gasteiger partial charge in [-0.25, -0.2) is 9.18 Å². The largest absolute Gasteiger partial charge is 0.416 e. The predicted octanol–water partition coefficient (Wildman–Crippen LogP) is 5.13. The molecule has 8 heteroatoms. The summed E-state index contributed by atoms with van der Waals surface area (Å²) in [6.07, 6.45) is -4.66. The molecule has 0 aromatic heterocycles. The van der Waals surface area contributed by atoms with Crippen molar-refractivity contribution in [3.8, 4) is 0 Å². The highest BCUT2D eigenvalue weighted by atomic mass is 35.5. The molecule has 2 aromatic rings. The quantitative estimate of drug-likeness (QED) is 0.732. The Labute approximate surface area is 140 Å². The zero-order valence-corrected chi connectivity index (χ0v) is 13.2. The van der Waals surface area contributed by atoms with Gasteiger partial charge in [0.15, 0.2) is 0 Å². The van der Waals surface area contributed by atoms with Crippen molar-refractivity contribution in [3.63, 3.8) is 0 Å².